The molecule has 2 aliphatic rings. The van der Waals surface area contributed by atoms with E-state index in [1.54, 1.807) is 4.90 Å². The summed E-state index contributed by atoms with van der Waals surface area (Å²) in [6.45, 7) is 2.45. The summed E-state index contributed by atoms with van der Waals surface area (Å²) < 4.78 is 16.3. The summed E-state index contributed by atoms with van der Waals surface area (Å²) in [5.74, 6) is 2.38. The number of amides is 1. The first kappa shape index (κ1) is 22.8. The van der Waals surface area contributed by atoms with Crippen molar-refractivity contribution in [1.29, 1.82) is 0 Å². The Morgan fingerprint density at radius 2 is 1.65 bits per heavy atom. The molecule has 0 N–H and O–H groups in total. The summed E-state index contributed by atoms with van der Waals surface area (Å²) in [7, 11) is 0. The summed E-state index contributed by atoms with van der Waals surface area (Å²) in [5.41, 5.74) is 1.65. The first-order valence-electron chi connectivity index (χ1n) is 10.5. The van der Waals surface area contributed by atoms with Crippen LogP contribution in [0, 0.1) is 0 Å². The molecule has 0 bridgehead atoms. The predicted octanol–water partition coefficient (Wildman–Crippen LogP) is 4.56. The molecular weight excluding hydrogens is 503 g/mol. The van der Waals surface area contributed by atoms with Crippen LogP contribution in [-0.2, 0) is 4.79 Å². The van der Waals surface area contributed by atoms with E-state index in [0.29, 0.717) is 52.7 Å². The van der Waals surface area contributed by atoms with Gasteiger partial charge in [-0.1, -0.05) is 34.8 Å². The summed E-state index contributed by atoms with van der Waals surface area (Å²) in [5, 5.41) is 9.69. The first-order valence-corrected chi connectivity index (χ1v) is 11.6. The van der Waals surface area contributed by atoms with Crippen molar-refractivity contribution in [3.8, 4) is 28.5 Å². The van der Waals surface area contributed by atoms with Crippen LogP contribution in [0.25, 0.3) is 11.3 Å². The maximum Gasteiger partial charge on any atom is 0.260 e. The maximum atomic E-state index is 12.6. The van der Waals surface area contributed by atoms with E-state index in [-0.39, 0.29) is 19.3 Å². The van der Waals surface area contributed by atoms with Crippen molar-refractivity contribution in [1.82, 2.24) is 15.1 Å². The molecule has 0 saturated carbocycles. The van der Waals surface area contributed by atoms with E-state index in [1.807, 2.05) is 30.3 Å². The number of nitrogens with zero attached hydrogens (tertiary/aromatic N) is 4. The number of piperazine rings is 1. The molecule has 0 aliphatic carbocycles. The molecule has 0 radical (unpaired) electrons. The normalized spacial score (nSPS) is 14.9. The molecular formula is C23H19Cl3N4O4. The van der Waals surface area contributed by atoms with Crippen LogP contribution >= 0.6 is 34.8 Å². The molecule has 2 aromatic carbocycles. The standard InChI is InChI=1S/C23H19Cl3N4O4/c24-15-10-17(26)20(11-16(15)25)32-12-23(31)30-7-5-29(6-8-30)22-4-2-18(27-28-22)14-1-3-19-21(9-14)34-13-33-19/h1-4,9-11H,5-8,12-13H2. The fourth-order valence-electron chi connectivity index (χ4n) is 3.73. The number of hydrogen-bond donors (Lipinski definition) is 0. The Kier molecular flexibility index (Phi) is 6.54. The number of carbonyl (C=O) groups is 1. The Morgan fingerprint density at radius 1 is 0.882 bits per heavy atom. The van der Waals surface area contributed by atoms with Crippen LogP contribution in [0.2, 0.25) is 15.1 Å². The molecule has 1 saturated heterocycles. The number of benzene rings is 2. The smallest absolute Gasteiger partial charge is 0.260 e. The van der Waals surface area contributed by atoms with E-state index in [1.165, 1.54) is 12.1 Å². The number of aromatic nitrogens is 2. The van der Waals surface area contributed by atoms with Crippen molar-refractivity contribution in [2.24, 2.45) is 0 Å². The minimum Gasteiger partial charge on any atom is -0.482 e. The van der Waals surface area contributed by atoms with Crippen LogP contribution in [0.15, 0.2) is 42.5 Å². The molecule has 5 rings (SSSR count). The molecule has 176 valence electrons. The van der Waals surface area contributed by atoms with Gasteiger partial charge in [0.25, 0.3) is 5.91 Å². The fraction of sp³-hybridized carbons (Fsp3) is 0.261. The van der Waals surface area contributed by atoms with Crippen molar-refractivity contribution < 1.29 is 19.0 Å². The van der Waals surface area contributed by atoms with Gasteiger partial charge in [0.2, 0.25) is 6.79 Å². The van der Waals surface area contributed by atoms with Crippen molar-refractivity contribution in [2.45, 2.75) is 0 Å². The summed E-state index contributed by atoms with van der Waals surface area (Å²) in [6, 6.07) is 12.5. The second kappa shape index (κ2) is 9.74. The second-order valence-corrected chi connectivity index (χ2v) is 8.92. The highest BCUT2D eigenvalue weighted by Gasteiger charge is 2.23. The Balaban J connectivity index is 1.15. The van der Waals surface area contributed by atoms with E-state index < -0.39 is 0 Å². The molecule has 3 heterocycles. The minimum absolute atomic E-state index is 0.133. The first-order chi connectivity index (χ1) is 16.5. The number of anilines is 1. The lowest BCUT2D eigenvalue weighted by atomic mass is 10.1. The Bertz CT molecular complexity index is 1220. The highest BCUT2D eigenvalue weighted by Crippen LogP contribution is 2.36. The van der Waals surface area contributed by atoms with Crippen LogP contribution in [0.3, 0.4) is 0 Å². The van der Waals surface area contributed by atoms with Crippen LogP contribution < -0.4 is 19.1 Å². The zero-order chi connectivity index (χ0) is 23.7. The van der Waals surface area contributed by atoms with Gasteiger partial charge in [-0.25, -0.2) is 0 Å². The van der Waals surface area contributed by atoms with E-state index in [4.69, 9.17) is 49.0 Å². The Labute approximate surface area is 210 Å². The molecule has 0 atom stereocenters. The van der Waals surface area contributed by atoms with Gasteiger partial charge in [0.15, 0.2) is 23.9 Å². The summed E-state index contributed by atoms with van der Waals surface area (Å²) in [6.07, 6.45) is 0. The summed E-state index contributed by atoms with van der Waals surface area (Å²) in [4.78, 5) is 16.4. The van der Waals surface area contributed by atoms with Crippen molar-refractivity contribution in [3.63, 3.8) is 0 Å². The third-order valence-corrected chi connectivity index (χ3v) is 6.62. The highest BCUT2D eigenvalue weighted by molar-refractivity contribution is 6.43. The molecule has 0 spiro atoms. The van der Waals surface area contributed by atoms with Gasteiger partial charge in [-0.2, -0.15) is 0 Å². The van der Waals surface area contributed by atoms with Crippen molar-refractivity contribution in [2.75, 3.05) is 44.5 Å². The van der Waals surface area contributed by atoms with Gasteiger partial charge in [-0.05, 0) is 36.4 Å². The number of fused-ring (bicyclic) bond motifs is 1. The molecule has 1 amide bonds. The predicted molar refractivity (Wildman–Crippen MR) is 129 cm³/mol. The third kappa shape index (κ3) is 4.80. The molecule has 3 aromatic rings. The fourth-order valence-corrected chi connectivity index (χ4v) is 4.33. The molecule has 1 aromatic heterocycles. The minimum atomic E-state index is -0.137. The van der Waals surface area contributed by atoms with E-state index in [2.05, 4.69) is 15.1 Å². The van der Waals surface area contributed by atoms with Gasteiger partial charge < -0.3 is 24.0 Å². The molecule has 8 nitrogen and oxygen atoms in total. The van der Waals surface area contributed by atoms with Gasteiger partial charge in [-0.3, -0.25) is 4.79 Å². The number of ether oxygens (including phenoxy) is 3. The number of rotatable bonds is 5. The zero-order valence-electron chi connectivity index (χ0n) is 17.8. The molecule has 1 fully saturated rings. The topological polar surface area (TPSA) is 77.0 Å². The van der Waals surface area contributed by atoms with Gasteiger partial charge in [0, 0.05) is 37.8 Å². The lowest BCUT2D eigenvalue weighted by molar-refractivity contribution is -0.133. The van der Waals surface area contributed by atoms with Crippen LogP contribution in [0.4, 0.5) is 5.82 Å². The molecule has 34 heavy (non-hydrogen) atoms. The Hall–Kier alpha value is -2.94. The molecule has 2 aliphatic heterocycles. The van der Waals surface area contributed by atoms with E-state index in [9.17, 15) is 4.79 Å². The van der Waals surface area contributed by atoms with Crippen molar-refractivity contribution >= 4 is 46.5 Å². The average molecular weight is 522 g/mol. The number of halogens is 3. The highest BCUT2D eigenvalue weighted by atomic mass is 35.5. The van der Waals surface area contributed by atoms with E-state index >= 15 is 0 Å². The quantitative estimate of drug-likeness (QED) is 0.456. The largest absolute Gasteiger partial charge is 0.482 e. The SMILES string of the molecule is O=C(COc1cc(Cl)c(Cl)cc1Cl)N1CCN(c2ccc(-c3ccc4c(c3)OCO4)nn2)CC1. The monoisotopic (exact) mass is 520 g/mol. The number of carbonyl (C=O) groups excluding carboxylic acids is 1. The lowest BCUT2D eigenvalue weighted by Crippen LogP contribution is -2.50. The van der Waals surface area contributed by atoms with Crippen LogP contribution in [-0.4, -0.2) is 60.6 Å². The van der Waals surface area contributed by atoms with E-state index in [0.717, 1.165) is 22.8 Å². The molecule has 0 unspecified atom stereocenters. The van der Waals surface area contributed by atoms with Crippen LogP contribution in [0.5, 0.6) is 17.2 Å². The average Bonchev–Trinajstić information content (AvgIpc) is 3.33. The third-order valence-electron chi connectivity index (χ3n) is 5.60. The van der Waals surface area contributed by atoms with Crippen LogP contribution in [0.1, 0.15) is 0 Å². The summed E-state index contributed by atoms with van der Waals surface area (Å²) >= 11 is 18.0. The zero-order valence-corrected chi connectivity index (χ0v) is 20.1. The second-order valence-electron chi connectivity index (χ2n) is 7.70. The number of hydrogen-bond acceptors (Lipinski definition) is 7. The van der Waals surface area contributed by atoms with Gasteiger partial charge in [0.05, 0.1) is 20.8 Å². The van der Waals surface area contributed by atoms with Gasteiger partial charge >= 0.3 is 0 Å². The van der Waals surface area contributed by atoms with Gasteiger partial charge in [-0.15, -0.1) is 10.2 Å². The maximum absolute atomic E-state index is 12.6. The Morgan fingerprint density at radius 3 is 2.41 bits per heavy atom. The molecule has 11 heteroatoms. The lowest BCUT2D eigenvalue weighted by Gasteiger charge is -2.35. The van der Waals surface area contributed by atoms with Gasteiger partial charge in [0.1, 0.15) is 5.75 Å². The van der Waals surface area contributed by atoms with Crippen molar-refractivity contribution in [3.05, 3.63) is 57.5 Å².